The Morgan fingerprint density at radius 3 is 1.91 bits per heavy atom. The molecule has 4 atom stereocenters. The molecule has 4 aliphatic rings. The van der Waals surface area contributed by atoms with Gasteiger partial charge in [0.05, 0.1) is 49.9 Å². The van der Waals surface area contributed by atoms with E-state index in [0.717, 1.165) is 96.4 Å². The average molecular weight is 757 g/mol. The summed E-state index contributed by atoms with van der Waals surface area (Å²) >= 11 is 0. The number of aromatic amines is 1. The largest absolute Gasteiger partial charge is 0.361 e. The lowest BCUT2D eigenvalue weighted by molar-refractivity contribution is -0.153. The van der Waals surface area contributed by atoms with Gasteiger partial charge in [-0.2, -0.15) is 0 Å². The lowest BCUT2D eigenvalue weighted by Crippen LogP contribution is -2.26. The summed E-state index contributed by atoms with van der Waals surface area (Å²) in [6.45, 7) is 15.6. The summed E-state index contributed by atoms with van der Waals surface area (Å²) in [6, 6.07) is 5.28. The number of hydrogen-bond acceptors (Lipinski definition) is 11. The molecule has 2 aliphatic heterocycles. The highest BCUT2D eigenvalue weighted by molar-refractivity contribution is 6.76. The highest BCUT2D eigenvalue weighted by Gasteiger charge is 2.52. The van der Waals surface area contributed by atoms with Crippen molar-refractivity contribution in [1.82, 2.24) is 48.7 Å². The van der Waals surface area contributed by atoms with Crippen LogP contribution in [-0.2, 0) is 30.4 Å². The molecule has 16 heteroatoms. The van der Waals surface area contributed by atoms with Crippen molar-refractivity contribution in [3.63, 3.8) is 0 Å². The maximum Gasteiger partial charge on any atom is 0.179 e. The van der Waals surface area contributed by atoms with Gasteiger partial charge in [-0.3, -0.25) is 8.80 Å². The number of nitrogens with zero attached hydrogens (tertiary/aromatic N) is 9. The van der Waals surface area contributed by atoms with Crippen LogP contribution in [0.3, 0.4) is 0 Å². The summed E-state index contributed by atoms with van der Waals surface area (Å²) in [6.07, 6.45) is 13.2. The molecule has 0 radical (unpaired) electrons. The highest BCUT2D eigenvalue weighted by Crippen LogP contribution is 2.51. The van der Waals surface area contributed by atoms with Gasteiger partial charge in [0.1, 0.15) is 18.4 Å². The molecule has 0 bridgehead atoms. The minimum atomic E-state index is -1.10. The second-order valence-electron chi connectivity index (χ2n) is 16.7. The third-order valence-electron chi connectivity index (χ3n) is 12.0. The Bertz CT molecular complexity index is 2240. The van der Waals surface area contributed by atoms with E-state index in [-0.39, 0.29) is 11.8 Å². The summed E-state index contributed by atoms with van der Waals surface area (Å²) in [4.78, 5) is 12.2. The topological polar surface area (TPSA) is 153 Å². The average Bonchev–Trinajstić information content (AvgIpc) is 4.02. The molecule has 2 saturated carbocycles. The van der Waals surface area contributed by atoms with Crippen LogP contribution in [0.25, 0.3) is 33.6 Å². The van der Waals surface area contributed by atoms with E-state index in [9.17, 15) is 0 Å². The first-order valence-corrected chi connectivity index (χ1v) is 23.4. The van der Waals surface area contributed by atoms with Gasteiger partial charge in [0.2, 0.25) is 0 Å². The van der Waals surface area contributed by atoms with E-state index in [1.807, 2.05) is 24.7 Å². The molecule has 15 nitrogen and oxygen atoms in total. The summed E-state index contributed by atoms with van der Waals surface area (Å²) in [5, 5.41) is 17.9. The Kier molecular flexibility index (Phi) is 9.33. The Morgan fingerprint density at radius 1 is 0.759 bits per heavy atom. The smallest absolute Gasteiger partial charge is 0.179 e. The number of ether oxygens (including phenoxy) is 5. The van der Waals surface area contributed by atoms with Crippen LogP contribution in [0.5, 0.6) is 0 Å². The van der Waals surface area contributed by atoms with Gasteiger partial charge in [-0.1, -0.05) is 46.3 Å². The molecular weight excluding hydrogens is 705 g/mol. The van der Waals surface area contributed by atoms with Gasteiger partial charge in [-0.25, -0.2) is 9.97 Å². The molecule has 0 amide bonds. The van der Waals surface area contributed by atoms with Gasteiger partial charge in [0.25, 0.3) is 0 Å². The Morgan fingerprint density at radius 2 is 1.33 bits per heavy atom. The third-order valence-corrected chi connectivity index (χ3v) is 13.8. The maximum absolute atomic E-state index is 6.03. The first-order chi connectivity index (χ1) is 26.2. The molecule has 10 rings (SSSR count). The molecule has 8 heterocycles. The van der Waals surface area contributed by atoms with Gasteiger partial charge in [0, 0.05) is 64.6 Å². The van der Waals surface area contributed by atoms with Crippen LogP contribution in [-0.4, -0.2) is 101 Å². The van der Waals surface area contributed by atoms with E-state index in [0.29, 0.717) is 45.0 Å². The van der Waals surface area contributed by atoms with Gasteiger partial charge in [0.15, 0.2) is 34.2 Å². The van der Waals surface area contributed by atoms with Gasteiger partial charge < -0.3 is 33.2 Å². The standard InChI is InChI=1S/C22H33N5O3Si.C16H19N5O2/c1-5-16-12-22(29-8-9-30-22)13-17(16)20-25-24-19-14-23-21-18(27(19)20)6-7-26(21)15-28-10-11-31(2,3)4;1-2-10-7-16(22-5-6-23-16)8-11(10)15-20-19-13-9-18-14-12(21(13)15)3-4-17-14/h6-7,14,16-17H,5,8-13,15H2,1-4H3;3-4,9-11,17H,2,5-8H2,1H3. The Balaban J connectivity index is 0.000000148. The number of aromatic nitrogens is 10. The minimum absolute atomic E-state index is 0.250. The van der Waals surface area contributed by atoms with Crippen molar-refractivity contribution >= 4 is 41.7 Å². The fraction of sp³-hybridized carbons (Fsp3) is 0.632. The Hall–Kier alpha value is -3.80. The molecule has 0 aromatic carbocycles. The van der Waals surface area contributed by atoms with E-state index in [2.05, 4.69) is 88.3 Å². The number of H-pyrrole nitrogens is 1. The Labute approximate surface area is 315 Å². The molecule has 54 heavy (non-hydrogen) atoms. The summed E-state index contributed by atoms with van der Waals surface area (Å²) < 4.78 is 36.3. The van der Waals surface area contributed by atoms with Crippen LogP contribution >= 0.6 is 0 Å². The molecule has 288 valence electrons. The lowest BCUT2D eigenvalue weighted by Gasteiger charge is -2.21. The normalized spacial score (nSPS) is 25.0. The van der Waals surface area contributed by atoms with Crippen LogP contribution in [0.2, 0.25) is 25.7 Å². The molecular formula is C38H52N10O5Si. The summed E-state index contributed by atoms with van der Waals surface area (Å²) in [7, 11) is -1.10. The quantitative estimate of drug-likeness (QED) is 0.131. The van der Waals surface area contributed by atoms with E-state index < -0.39 is 19.6 Å². The fourth-order valence-corrected chi connectivity index (χ4v) is 9.99. The molecule has 1 N–H and O–H groups in total. The number of nitrogens with one attached hydrogen (secondary N) is 1. The molecule has 2 saturated heterocycles. The lowest BCUT2D eigenvalue weighted by atomic mass is 9.93. The molecule has 6 aromatic rings. The van der Waals surface area contributed by atoms with Crippen LogP contribution in [0.15, 0.2) is 36.9 Å². The molecule has 2 spiro atoms. The van der Waals surface area contributed by atoms with Crippen molar-refractivity contribution in [2.45, 2.75) is 108 Å². The molecule has 6 aromatic heterocycles. The van der Waals surface area contributed by atoms with Crippen molar-refractivity contribution in [1.29, 1.82) is 0 Å². The van der Waals surface area contributed by atoms with E-state index in [1.165, 1.54) is 0 Å². The van der Waals surface area contributed by atoms with E-state index in [4.69, 9.17) is 23.7 Å². The minimum Gasteiger partial charge on any atom is -0.361 e. The second kappa shape index (κ2) is 14.0. The SMILES string of the molecule is CCC1CC2(CC1c1nnc3cnc4[nH]ccc4n13)OCCO2.CCC1CC2(CC1c1nnc3cnc4c(ccn4COCC[Si](C)(C)C)n13)OCCO2. The second-order valence-corrected chi connectivity index (χ2v) is 22.3. The fourth-order valence-electron chi connectivity index (χ4n) is 9.23. The predicted molar refractivity (Wildman–Crippen MR) is 204 cm³/mol. The number of fused-ring (bicyclic) bond motifs is 6. The summed E-state index contributed by atoms with van der Waals surface area (Å²) in [5.41, 5.74) is 5.37. The zero-order valence-electron chi connectivity index (χ0n) is 32.0. The summed E-state index contributed by atoms with van der Waals surface area (Å²) in [5.74, 6) is 2.61. The van der Waals surface area contributed by atoms with Gasteiger partial charge >= 0.3 is 0 Å². The van der Waals surface area contributed by atoms with Crippen molar-refractivity contribution < 1.29 is 23.7 Å². The van der Waals surface area contributed by atoms with Crippen LogP contribution in [0.4, 0.5) is 0 Å². The van der Waals surface area contributed by atoms with Crippen LogP contribution in [0, 0.1) is 11.8 Å². The third kappa shape index (κ3) is 6.43. The predicted octanol–water partition coefficient (Wildman–Crippen LogP) is 6.29. The number of rotatable bonds is 9. The van der Waals surface area contributed by atoms with E-state index in [1.54, 1.807) is 6.20 Å². The van der Waals surface area contributed by atoms with Crippen molar-refractivity contribution in [2.24, 2.45) is 11.8 Å². The molecule has 4 fully saturated rings. The molecule has 4 unspecified atom stereocenters. The monoisotopic (exact) mass is 756 g/mol. The zero-order chi connectivity index (χ0) is 37.1. The molecule has 2 aliphatic carbocycles. The number of hydrogen-bond donors (Lipinski definition) is 1. The first kappa shape index (κ1) is 35.9. The van der Waals surface area contributed by atoms with Crippen molar-refractivity contribution in [3.05, 3.63) is 48.6 Å². The highest BCUT2D eigenvalue weighted by atomic mass is 28.3. The van der Waals surface area contributed by atoms with Crippen LogP contribution in [0.1, 0.15) is 75.9 Å². The van der Waals surface area contributed by atoms with Crippen LogP contribution < -0.4 is 0 Å². The zero-order valence-corrected chi connectivity index (χ0v) is 33.0. The van der Waals surface area contributed by atoms with Gasteiger partial charge in [-0.15, -0.1) is 20.4 Å². The van der Waals surface area contributed by atoms with Gasteiger partial charge in [-0.05, 0) is 30.0 Å². The maximum atomic E-state index is 6.03. The van der Waals surface area contributed by atoms with Crippen molar-refractivity contribution in [2.75, 3.05) is 33.0 Å². The van der Waals surface area contributed by atoms with E-state index >= 15 is 0 Å². The first-order valence-electron chi connectivity index (χ1n) is 19.7. The van der Waals surface area contributed by atoms with Crippen molar-refractivity contribution in [3.8, 4) is 0 Å².